The van der Waals surface area contributed by atoms with Gasteiger partial charge in [0.15, 0.2) is 0 Å². The van der Waals surface area contributed by atoms with Gasteiger partial charge in [0.2, 0.25) is 0 Å². The van der Waals surface area contributed by atoms with E-state index in [4.69, 9.17) is 4.74 Å². The van der Waals surface area contributed by atoms with Crippen LogP contribution in [0.15, 0.2) is 22.7 Å². The van der Waals surface area contributed by atoms with Crippen LogP contribution in [-0.4, -0.2) is 18.6 Å². The Kier molecular flexibility index (Phi) is 5.40. The molecule has 0 aliphatic heterocycles. The summed E-state index contributed by atoms with van der Waals surface area (Å²) in [7, 11) is 0. The molecule has 2 atom stereocenters. The minimum Gasteiger partial charge on any atom is -0.466 e. The van der Waals surface area contributed by atoms with Gasteiger partial charge in [0.25, 0.3) is 0 Å². The second-order valence-electron chi connectivity index (χ2n) is 5.08. The number of hydrogen-bond acceptors (Lipinski definition) is 3. The standard InChI is InChI=1S/C15H19BrFNO2/c1-2-20-15(19)10-4-3-5-12(8-10)18-14-9-11(16)6-7-13(14)17/h6-7,9-10,12,18H,2-5,8H2,1H3. The maximum Gasteiger partial charge on any atom is 0.308 e. The van der Waals surface area contributed by atoms with Crippen LogP contribution in [0.1, 0.15) is 32.6 Å². The summed E-state index contributed by atoms with van der Waals surface area (Å²) < 4.78 is 19.6. The predicted octanol–water partition coefficient (Wildman–Crippen LogP) is 4.12. The Balaban J connectivity index is 1.99. The number of benzene rings is 1. The number of carbonyl (C=O) groups is 1. The van der Waals surface area contributed by atoms with Gasteiger partial charge in [-0.2, -0.15) is 0 Å². The Morgan fingerprint density at radius 2 is 2.30 bits per heavy atom. The number of nitrogens with one attached hydrogen (secondary N) is 1. The fourth-order valence-corrected chi connectivity index (χ4v) is 2.98. The van der Waals surface area contributed by atoms with Crippen molar-refractivity contribution in [3.05, 3.63) is 28.5 Å². The summed E-state index contributed by atoms with van der Waals surface area (Å²) in [6.07, 6.45) is 3.46. The molecule has 0 aromatic heterocycles. The van der Waals surface area contributed by atoms with Gasteiger partial charge in [0.1, 0.15) is 5.82 Å². The van der Waals surface area contributed by atoms with Gasteiger partial charge < -0.3 is 10.1 Å². The first-order valence-electron chi connectivity index (χ1n) is 6.98. The fraction of sp³-hybridized carbons (Fsp3) is 0.533. The second kappa shape index (κ2) is 7.07. The summed E-state index contributed by atoms with van der Waals surface area (Å²) in [4.78, 5) is 11.8. The van der Waals surface area contributed by atoms with Crippen LogP contribution < -0.4 is 5.32 Å². The van der Waals surface area contributed by atoms with Crippen LogP contribution in [0, 0.1) is 11.7 Å². The summed E-state index contributed by atoms with van der Waals surface area (Å²) in [5.41, 5.74) is 0.480. The van der Waals surface area contributed by atoms with Gasteiger partial charge >= 0.3 is 5.97 Å². The first-order chi connectivity index (χ1) is 9.60. The third kappa shape index (κ3) is 3.95. The van der Waals surface area contributed by atoms with E-state index < -0.39 is 0 Å². The van der Waals surface area contributed by atoms with E-state index in [0.29, 0.717) is 18.7 Å². The number of anilines is 1. The van der Waals surface area contributed by atoms with E-state index >= 15 is 0 Å². The molecule has 1 aliphatic rings. The lowest BCUT2D eigenvalue weighted by Crippen LogP contribution is -2.32. The van der Waals surface area contributed by atoms with Crippen molar-refractivity contribution < 1.29 is 13.9 Å². The molecule has 1 fully saturated rings. The lowest BCUT2D eigenvalue weighted by Gasteiger charge is -2.29. The van der Waals surface area contributed by atoms with Crippen LogP contribution in [0.4, 0.5) is 10.1 Å². The Morgan fingerprint density at radius 1 is 1.50 bits per heavy atom. The lowest BCUT2D eigenvalue weighted by molar-refractivity contribution is -0.149. The molecule has 0 saturated heterocycles. The summed E-state index contributed by atoms with van der Waals surface area (Å²) in [6, 6.07) is 4.94. The second-order valence-corrected chi connectivity index (χ2v) is 6.00. The first kappa shape index (κ1) is 15.3. The lowest BCUT2D eigenvalue weighted by atomic mass is 9.85. The molecule has 0 radical (unpaired) electrons. The minimum atomic E-state index is -0.272. The van der Waals surface area contributed by atoms with Crippen molar-refractivity contribution in [1.29, 1.82) is 0 Å². The molecule has 0 bridgehead atoms. The number of esters is 1. The third-order valence-corrected chi connectivity index (χ3v) is 4.08. The van der Waals surface area contributed by atoms with Crippen LogP contribution in [0.5, 0.6) is 0 Å². The average Bonchev–Trinajstić information content (AvgIpc) is 2.43. The number of ether oxygens (including phenoxy) is 1. The first-order valence-corrected chi connectivity index (χ1v) is 7.77. The van der Waals surface area contributed by atoms with E-state index in [-0.39, 0.29) is 23.7 Å². The zero-order valence-corrected chi connectivity index (χ0v) is 13.1. The fourth-order valence-electron chi connectivity index (χ4n) is 2.62. The monoisotopic (exact) mass is 343 g/mol. The maximum atomic E-state index is 13.7. The highest BCUT2D eigenvalue weighted by atomic mass is 79.9. The molecule has 20 heavy (non-hydrogen) atoms. The molecule has 2 rings (SSSR count). The molecular weight excluding hydrogens is 325 g/mol. The van der Waals surface area contributed by atoms with Gasteiger partial charge in [-0.05, 0) is 44.4 Å². The summed E-state index contributed by atoms with van der Waals surface area (Å²) in [5.74, 6) is -0.475. The molecule has 2 unspecified atom stereocenters. The minimum absolute atomic E-state index is 0.0728. The Hall–Kier alpha value is -1.10. The molecule has 0 heterocycles. The van der Waals surface area contributed by atoms with Crippen LogP contribution in [0.2, 0.25) is 0 Å². The Labute approximate surface area is 127 Å². The number of carbonyl (C=O) groups excluding carboxylic acids is 1. The van der Waals surface area contributed by atoms with E-state index in [2.05, 4.69) is 21.2 Å². The smallest absolute Gasteiger partial charge is 0.308 e. The number of rotatable bonds is 4. The summed E-state index contributed by atoms with van der Waals surface area (Å²) in [5, 5.41) is 3.20. The van der Waals surface area contributed by atoms with E-state index in [0.717, 1.165) is 23.7 Å². The molecule has 1 aromatic rings. The van der Waals surface area contributed by atoms with Crippen LogP contribution in [0.3, 0.4) is 0 Å². The number of hydrogen-bond donors (Lipinski definition) is 1. The molecule has 1 aliphatic carbocycles. The average molecular weight is 344 g/mol. The summed E-state index contributed by atoms with van der Waals surface area (Å²) in [6.45, 7) is 2.22. The summed E-state index contributed by atoms with van der Waals surface area (Å²) >= 11 is 3.34. The van der Waals surface area contributed by atoms with E-state index in [1.807, 2.05) is 6.92 Å². The topological polar surface area (TPSA) is 38.3 Å². The van der Waals surface area contributed by atoms with Crippen molar-refractivity contribution in [3.63, 3.8) is 0 Å². The molecule has 5 heteroatoms. The molecule has 1 N–H and O–H groups in total. The third-order valence-electron chi connectivity index (χ3n) is 3.58. The van der Waals surface area contributed by atoms with Crippen LogP contribution in [-0.2, 0) is 9.53 Å². The van der Waals surface area contributed by atoms with E-state index in [1.54, 1.807) is 12.1 Å². The highest BCUT2D eigenvalue weighted by molar-refractivity contribution is 9.10. The molecule has 110 valence electrons. The van der Waals surface area contributed by atoms with Gasteiger partial charge in [-0.15, -0.1) is 0 Å². The number of halogens is 2. The van der Waals surface area contributed by atoms with Crippen LogP contribution >= 0.6 is 15.9 Å². The van der Waals surface area contributed by atoms with Gasteiger partial charge in [-0.3, -0.25) is 4.79 Å². The van der Waals surface area contributed by atoms with Gasteiger partial charge in [-0.25, -0.2) is 4.39 Å². The van der Waals surface area contributed by atoms with Crippen molar-refractivity contribution in [3.8, 4) is 0 Å². The molecule has 1 saturated carbocycles. The molecule has 0 amide bonds. The van der Waals surface area contributed by atoms with Crippen molar-refractivity contribution >= 4 is 27.6 Å². The van der Waals surface area contributed by atoms with Gasteiger partial charge in [0, 0.05) is 10.5 Å². The maximum absolute atomic E-state index is 13.7. The normalized spacial score (nSPS) is 22.4. The zero-order chi connectivity index (χ0) is 14.5. The van der Waals surface area contributed by atoms with Crippen LogP contribution in [0.25, 0.3) is 0 Å². The predicted molar refractivity (Wildman–Crippen MR) is 80.1 cm³/mol. The van der Waals surface area contributed by atoms with Crippen molar-refractivity contribution in [2.45, 2.75) is 38.6 Å². The zero-order valence-electron chi connectivity index (χ0n) is 11.5. The van der Waals surface area contributed by atoms with Crippen molar-refractivity contribution in [2.75, 3.05) is 11.9 Å². The molecule has 3 nitrogen and oxygen atoms in total. The SMILES string of the molecule is CCOC(=O)C1CCCC(Nc2cc(Br)ccc2F)C1. The highest BCUT2D eigenvalue weighted by Crippen LogP contribution is 2.29. The Morgan fingerprint density at radius 3 is 3.05 bits per heavy atom. The quantitative estimate of drug-likeness (QED) is 0.835. The van der Waals surface area contributed by atoms with Crippen molar-refractivity contribution in [2.24, 2.45) is 5.92 Å². The highest BCUT2D eigenvalue weighted by Gasteiger charge is 2.28. The van der Waals surface area contributed by atoms with E-state index in [9.17, 15) is 9.18 Å². The van der Waals surface area contributed by atoms with Gasteiger partial charge in [-0.1, -0.05) is 22.4 Å². The molecular formula is C15H19BrFNO2. The van der Waals surface area contributed by atoms with Crippen molar-refractivity contribution in [1.82, 2.24) is 0 Å². The molecule has 1 aromatic carbocycles. The Bertz CT molecular complexity index is 481. The van der Waals surface area contributed by atoms with Gasteiger partial charge in [0.05, 0.1) is 18.2 Å². The van der Waals surface area contributed by atoms with E-state index in [1.165, 1.54) is 6.07 Å². The molecule has 0 spiro atoms. The largest absolute Gasteiger partial charge is 0.466 e.